The van der Waals surface area contributed by atoms with Crippen LogP contribution in [0.25, 0.3) is 21.7 Å². The van der Waals surface area contributed by atoms with Crippen molar-refractivity contribution in [2.24, 2.45) is 5.10 Å². The maximum absolute atomic E-state index is 12.6. The van der Waals surface area contributed by atoms with Gasteiger partial charge in [0.05, 0.1) is 23.0 Å². The Hall–Kier alpha value is -4.05. The molecular formula is C31H27IN2O5. The van der Waals surface area contributed by atoms with Gasteiger partial charge >= 0.3 is 5.91 Å². The van der Waals surface area contributed by atoms with Gasteiger partial charge in [-0.1, -0.05) is 42.5 Å². The van der Waals surface area contributed by atoms with E-state index in [1.54, 1.807) is 18.3 Å². The van der Waals surface area contributed by atoms with Gasteiger partial charge < -0.3 is 18.6 Å². The van der Waals surface area contributed by atoms with Crippen LogP contribution in [0.5, 0.6) is 17.2 Å². The van der Waals surface area contributed by atoms with E-state index in [4.69, 9.17) is 18.6 Å². The molecule has 0 aliphatic rings. The number of halogens is 1. The second-order valence-electron chi connectivity index (χ2n) is 8.63. The number of ether oxygens (including phenoxy) is 3. The Labute approximate surface area is 239 Å². The number of hydrogen-bond acceptors (Lipinski definition) is 6. The smallest absolute Gasteiger partial charge is 0.307 e. The summed E-state index contributed by atoms with van der Waals surface area (Å²) in [4.78, 5) is 12.6. The zero-order valence-corrected chi connectivity index (χ0v) is 23.7. The number of nitrogens with one attached hydrogen (secondary N) is 1. The van der Waals surface area contributed by atoms with Crippen molar-refractivity contribution in [1.82, 2.24) is 5.43 Å². The first-order valence-corrected chi connectivity index (χ1v) is 13.7. The van der Waals surface area contributed by atoms with E-state index < -0.39 is 5.91 Å². The highest BCUT2D eigenvalue weighted by atomic mass is 127. The van der Waals surface area contributed by atoms with Gasteiger partial charge in [0.25, 0.3) is 0 Å². The normalized spacial score (nSPS) is 11.3. The summed E-state index contributed by atoms with van der Waals surface area (Å²) in [5.74, 6) is 1.72. The highest BCUT2D eigenvalue weighted by Gasteiger charge is 2.14. The van der Waals surface area contributed by atoms with E-state index in [9.17, 15) is 4.79 Å². The predicted octanol–water partition coefficient (Wildman–Crippen LogP) is 7.33. The van der Waals surface area contributed by atoms with Gasteiger partial charge in [-0.3, -0.25) is 4.79 Å². The summed E-state index contributed by atoms with van der Waals surface area (Å²) in [6.07, 6.45) is 1.56. The molecule has 1 aromatic heterocycles. The van der Waals surface area contributed by atoms with E-state index in [0.29, 0.717) is 36.9 Å². The Kier molecular flexibility index (Phi) is 8.31. The molecule has 0 radical (unpaired) electrons. The zero-order chi connectivity index (χ0) is 27.2. The summed E-state index contributed by atoms with van der Waals surface area (Å²) in [6.45, 7) is 5.29. The van der Waals surface area contributed by atoms with Crippen molar-refractivity contribution in [3.05, 3.63) is 99.3 Å². The molecule has 0 aliphatic carbocycles. The van der Waals surface area contributed by atoms with Gasteiger partial charge in [-0.15, -0.1) is 0 Å². The third-order valence-corrected chi connectivity index (χ3v) is 6.79. The van der Waals surface area contributed by atoms with Crippen LogP contribution in [0.1, 0.15) is 35.5 Å². The first kappa shape index (κ1) is 26.6. The Morgan fingerprint density at radius 2 is 1.74 bits per heavy atom. The van der Waals surface area contributed by atoms with Gasteiger partial charge in [0, 0.05) is 5.39 Å². The molecule has 0 saturated heterocycles. The number of nitrogens with zero attached hydrogens (tertiary/aromatic N) is 1. The van der Waals surface area contributed by atoms with E-state index in [0.717, 1.165) is 31.2 Å². The monoisotopic (exact) mass is 634 g/mol. The summed E-state index contributed by atoms with van der Waals surface area (Å²) in [5, 5.41) is 7.24. The summed E-state index contributed by atoms with van der Waals surface area (Å²) < 4.78 is 24.2. The third-order valence-electron chi connectivity index (χ3n) is 5.99. The number of hydrogen-bond donors (Lipinski definition) is 1. The number of rotatable bonds is 10. The number of carbonyl (C=O) groups excluding carboxylic acids is 1. The lowest BCUT2D eigenvalue weighted by Gasteiger charge is -2.15. The first-order valence-electron chi connectivity index (χ1n) is 12.6. The van der Waals surface area contributed by atoms with E-state index >= 15 is 0 Å². The van der Waals surface area contributed by atoms with Crippen LogP contribution < -0.4 is 19.6 Å². The summed E-state index contributed by atoms with van der Waals surface area (Å²) in [5.41, 5.74) is 4.98. The lowest BCUT2D eigenvalue weighted by molar-refractivity contribution is 0.0929. The lowest BCUT2D eigenvalue weighted by atomic mass is 10.1. The average Bonchev–Trinajstić information content (AvgIpc) is 3.37. The number of hydrazone groups is 1. The summed E-state index contributed by atoms with van der Waals surface area (Å²) in [7, 11) is 0. The first-order chi connectivity index (χ1) is 19.1. The van der Waals surface area contributed by atoms with Crippen LogP contribution in [0.15, 0.2) is 88.4 Å². The maximum Gasteiger partial charge on any atom is 0.307 e. The molecule has 5 aromatic rings. The molecule has 0 atom stereocenters. The van der Waals surface area contributed by atoms with Gasteiger partial charge in [-0.05, 0) is 94.7 Å². The number of furan rings is 1. The van der Waals surface area contributed by atoms with Crippen molar-refractivity contribution in [3.8, 4) is 17.2 Å². The van der Waals surface area contributed by atoms with Crippen LogP contribution in [0, 0.1) is 3.57 Å². The Morgan fingerprint density at radius 3 is 2.59 bits per heavy atom. The molecule has 39 heavy (non-hydrogen) atoms. The van der Waals surface area contributed by atoms with Crippen molar-refractivity contribution in [2.75, 3.05) is 13.2 Å². The van der Waals surface area contributed by atoms with Crippen molar-refractivity contribution >= 4 is 56.5 Å². The van der Waals surface area contributed by atoms with E-state index in [1.807, 2.05) is 56.3 Å². The van der Waals surface area contributed by atoms with Gasteiger partial charge in [0.15, 0.2) is 17.3 Å². The van der Waals surface area contributed by atoms with Crippen LogP contribution in [0.2, 0.25) is 0 Å². The highest BCUT2D eigenvalue weighted by Crippen LogP contribution is 2.35. The zero-order valence-electron chi connectivity index (χ0n) is 21.6. The molecule has 7 nitrogen and oxygen atoms in total. The fraction of sp³-hybridized carbons (Fsp3) is 0.161. The number of benzene rings is 4. The quantitative estimate of drug-likeness (QED) is 0.0989. The van der Waals surface area contributed by atoms with E-state index in [-0.39, 0.29) is 5.76 Å². The molecule has 5 rings (SSSR count). The van der Waals surface area contributed by atoms with E-state index in [1.165, 1.54) is 5.39 Å². The molecule has 1 heterocycles. The van der Waals surface area contributed by atoms with Crippen LogP contribution in [0.3, 0.4) is 0 Å². The molecule has 0 fully saturated rings. The highest BCUT2D eigenvalue weighted by molar-refractivity contribution is 14.1. The Morgan fingerprint density at radius 1 is 0.923 bits per heavy atom. The molecule has 0 aliphatic heterocycles. The Bertz CT molecular complexity index is 1660. The van der Waals surface area contributed by atoms with Gasteiger partial charge in [0.2, 0.25) is 0 Å². The maximum atomic E-state index is 12.6. The molecule has 8 heteroatoms. The van der Waals surface area contributed by atoms with Crippen molar-refractivity contribution < 1.29 is 23.4 Å². The number of amides is 1. The largest absolute Gasteiger partial charge is 0.494 e. The molecule has 4 aromatic carbocycles. The van der Waals surface area contributed by atoms with Crippen LogP contribution >= 0.6 is 22.6 Å². The van der Waals surface area contributed by atoms with Gasteiger partial charge in [-0.2, -0.15) is 5.10 Å². The number of carbonyl (C=O) groups is 1. The second kappa shape index (κ2) is 12.2. The number of fused-ring (bicyclic) bond motifs is 2. The minimum absolute atomic E-state index is 0.164. The molecule has 0 bridgehead atoms. The van der Waals surface area contributed by atoms with E-state index in [2.05, 4.69) is 57.4 Å². The minimum Gasteiger partial charge on any atom is -0.494 e. The van der Waals surface area contributed by atoms with Crippen LogP contribution in [0.4, 0.5) is 0 Å². The SMILES string of the molecule is CCOc1ccc2oc(C(=O)N/N=C/c3cc(I)c(OCc4cccc5ccccc45)c(OCC)c3)cc2c1. The predicted molar refractivity (Wildman–Crippen MR) is 161 cm³/mol. The van der Waals surface area contributed by atoms with Crippen molar-refractivity contribution in [3.63, 3.8) is 0 Å². The molecule has 0 saturated carbocycles. The summed E-state index contributed by atoms with van der Waals surface area (Å²) >= 11 is 2.22. The molecule has 198 valence electrons. The molecule has 1 N–H and O–H groups in total. The van der Waals surface area contributed by atoms with Gasteiger partial charge in [0.1, 0.15) is 17.9 Å². The fourth-order valence-corrected chi connectivity index (χ4v) is 5.03. The third kappa shape index (κ3) is 6.17. The summed E-state index contributed by atoms with van der Waals surface area (Å²) in [6, 6.07) is 25.3. The standard InChI is InChI=1S/C31H27IN2O5/c1-3-36-24-12-13-27-23(16-24)17-29(39-27)31(35)34-33-18-20-14-26(32)30(28(15-20)37-4-2)38-19-22-10-7-9-21-8-5-6-11-25(21)22/h5-18H,3-4,19H2,1-2H3,(H,34,35)/b33-18+. The van der Waals surface area contributed by atoms with Crippen molar-refractivity contribution in [2.45, 2.75) is 20.5 Å². The minimum atomic E-state index is -0.449. The molecular weight excluding hydrogens is 607 g/mol. The molecule has 0 spiro atoms. The second-order valence-corrected chi connectivity index (χ2v) is 9.79. The van der Waals surface area contributed by atoms with Crippen LogP contribution in [-0.2, 0) is 6.61 Å². The Balaban J connectivity index is 1.29. The lowest BCUT2D eigenvalue weighted by Crippen LogP contribution is -2.16. The molecule has 0 unspecified atom stereocenters. The fourth-order valence-electron chi connectivity index (χ4n) is 4.24. The molecule has 1 amide bonds. The van der Waals surface area contributed by atoms with Gasteiger partial charge in [-0.25, -0.2) is 5.43 Å². The average molecular weight is 634 g/mol. The topological polar surface area (TPSA) is 82.3 Å². The van der Waals surface area contributed by atoms with Crippen LogP contribution in [-0.4, -0.2) is 25.3 Å². The van der Waals surface area contributed by atoms with Crippen molar-refractivity contribution in [1.29, 1.82) is 0 Å².